The lowest BCUT2D eigenvalue weighted by atomic mass is 10.1. The number of benzene rings is 4. The monoisotopic (exact) mass is 487 g/mol. The first-order valence-electron chi connectivity index (χ1n) is 11.0. The molecule has 8 heteroatoms. The molecule has 35 heavy (non-hydrogen) atoms. The van der Waals surface area contributed by atoms with Crippen LogP contribution in [0.3, 0.4) is 0 Å². The molecule has 0 aliphatic heterocycles. The van der Waals surface area contributed by atoms with Crippen molar-refractivity contribution >= 4 is 32.9 Å². The number of hydrazone groups is 1. The van der Waals surface area contributed by atoms with Crippen LogP contribution in [0.4, 0.5) is 0 Å². The fraction of sp³-hybridized carbons (Fsp3) is 0.111. The Balaban J connectivity index is 1.36. The largest absolute Gasteiger partial charge is 0.488 e. The Labute approximate surface area is 204 Å². The highest BCUT2D eigenvalue weighted by Gasteiger charge is 2.23. The number of likely N-dealkylation sites (N-methyl/N-ethyl adjacent to an activating group) is 1. The van der Waals surface area contributed by atoms with Gasteiger partial charge in [0.2, 0.25) is 10.0 Å². The van der Waals surface area contributed by atoms with Crippen LogP contribution in [0.5, 0.6) is 5.75 Å². The predicted molar refractivity (Wildman–Crippen MR) is 137 cm³/mol. The smallest absolute Gasteiger partial charge is 0.255 e. The zero-order valence-electron chi connectivity index (χ0n) is 19.2. The van der Waals surface area contributed by atoms with Gasteiger partial charge in [0.1, 0.15) is 12.4 Å². The Bertz CT molecular complexity index is 1450. The molecule has 0 aromatic heterocycles. The summed E-state index contributed by atoms with van der Waals surface area (Å²) in [5.74, 6) is 0.0566. The van der Waals surface area contributed by atoms with E-state index in [1.54, 1.807) is 12.1 Å². The molecule has 0 spiro atoms. The SMILES string of the molecule is CN(CC(=O)NN=Cc1ccccc1OCc1ccccc1)S(=O)(=O)c1ccc2ccccc2c1. The molecule has 4 aromatic carbocycles. The number of carbonyl (C=O) groups excluding carboxylic acids is 1. The maximum atomic E-state index is 12.9. The van der Waals surface area contributed by atoms with Gasteiger partial charge >= 0.3 is 0 Å². The summed E-state index contributed by atoms with van der Waals surface area (Å²) in [6.07, 6.45) is 1.47. The lowest BCUT2D eigenvalue weighted by Crippen LogP contribution is -2.36. The molecule has 0 fully saturated rings. The lowest BCUT2D eigenvalue weighted by Gasteiger charge is -2.16. The van der Waals surface area contributed by atoms with Crippen LogP contribution in [-0.4, -0.2) is 38.4 Å². The average Bonchev–Trinajstić information content (AvgIpc) is 2.88. The van der Waals surface area contributed by atoms with Gasteiger partial charge in [-0.2, -0.15) is 9.41 Å². The van der Waals surface area contributed by atoms with Crippen LogP contribution in [-0.2, 0) is 21.4 Å². The van der Waals surface area contributed by atoms with Crippen LogP contribution >= 0.6 is 0 Å². The number of rotatable bonds is 9. The molecule has 0 bridgehead atoms. The van der Waals surface area contributed by atoms with Crippen LogP contribution in [0.15, 0.2) is 107 Å². The third kappa shape index (κ3) is 6.11. The summed E-state index contributed by atoms with van der Waals surface area (Å²) < 4.78 is 32.7. The van der Waals surface area contributed by atoms with Crippen LogP contribution in [0.2, 0.25) is 0 Å². The van der Waals surface area contributed by atoms with E-state index < -0.39 is 15.9 Å². The minimum absolute atomic E-state index is 0.125. The first-order valence-corrected chi connectivity index (χ1v) is 12.4. The van der Waals surface area contributed by atoms with Gasteiger partial charge in [0, 0.05) is 12.6 Å². The fourth-order valence-electron chi connectivity index (χ4n) is 3.46. The molecule has 178 valence electrons. The number of para-hydroxylation sites is 1. The fourth-order valence-corrected chi connectivity index (χ4v) is 4.62. The van der Waals surface area contributed by atoms with Crippen molar-refractivity contribution in [1.82, 2.24) is 9.73 Å². The maximum absolute atomic E-state index is 12.9. The average molecular weight is 488 g/mol. The predicted octanol–water partition coefficient (Wildman–Crippen LogP) is 4.19. The topological polar surface area (TPSA) is 88.1 Å². The maximum Gasteiger partial charge on any atom is 0.255 e. The van der Waals surface area contributed by atoms with E-state index in [1.807, 2.05) is 78.9 Å². The van der Waals surface area contributed by atoms with Gasteiger partial charge in [-0.15, -0.1) is 0 Å². The molecule has 4 aromatic rings. The van der Waals surface area contributed by atoms with Crippen LogP contribution in [0.25, 0.3) is 10.8 Å². The molecule has 0 aliphatic rings. The molecule has 0 heterocycles. The number of hydrogen-bond acceptors (Lipinski definition) is 5. The Morgan fingerprint density at radius 2 is 1.60 bits per heavy atom. The number of amides is 1. The van der Waals surface area contributed by atoms with Gasteiger partial charge < -0.3 is 4.74 Å². The summed E-state index contributed by atoms with van der Waals surface area (Å²) in [4.78, 5) is 12.5. The van der Waals surface area contributed by atoms with Crippen molar-refractivity contribution in [3.05, 3.63) is 108 Å². The standard InChI is InChI=1S/C27H25N3O4S/c1-30(35(32,33)25-16-15-22-11-5-6-12-23(22)17-25)19-27(31)29-28-18-24-13-7-8-14-26(24)34-20-21-9-3-2-4-10-21/h2-18H,19-20H2,1H3,(H,29,31). The lowest BCUT2D eigenvalue weighted by molar-refractivity contribution is -0.121. The van der Waals surface area contributed by atoms with E-state index in [9.17, 15) is 13.2 Å². The molecular formula is C27H25N3O4S. The van der Waals surface area contributed by atoms with E-state index in [-0.39, 0.29) is 11.4 Å². The number of fused-ring (bicyclic) bond motifs is 1. The first-order chi connectivity index (χ1) is 16.9. The Kier molecular flexibility index (Phi) is 7.54. The second kappa shape index (κ2) is 10.9. The molecule has 1 amide bonds. The van der Waals surface area contributed by atoms with Crippen molar-refractivity contribution in [1.29, 1.82) is 0 Å². The molecule has 4 rings (SSSR count). The van der Waals surface area contributed by atoms with Gasteiger partial charge in [0.25, 0.3) is 5.91 Å². The van der Waals surface area contributed by atoms with Crippen molar-refractivity contribution in [2.45, 2.75) is 11.5 Å². The highest BCUT2D eigenvalue weighted by molar-refractivity contribution is 7.89. The number of nitrogens with zero attached hydrogens (tertiary/aromatic N) is 2. The van der Waals surface area contributed by atoms with E-state index in [0.717, 1.165) is 20.6 Å². The van der Waals surface area contributed by atoms with Crippen LogP contribution < -0.4 is 10.2 Å². The molecule has 7 nitrogen and oxygen atoms in total. The minimum Gasteiger partial charge on any atom is -0.488 e. The van der Waals surface area contributed by atoms with Gasteiger partial charge in [-0.05, 0) is 40.6 Å². The number of nitrogens with one attached hydrogen (secondary N) is 1. The van der Waals surface area contributed by atoms with Gasteiger partial charge in [0.05, 0.1) is 17.7 Å². The summed E-state index contributed by atoms with van der Waals surface area (Å²) in [5, 5.41) is 5.73. The van der Waals surface area contributed by atoms with Crippen LogP contribution in [0.1, 0.15) is 11.1 Å². The quantitative estimate of drug-likeness (QED) is 0.283. The molecule has 0 saturated carbocycles. The van der Waals surface area contributed by atoms with E-state index in [0.29, 0.717) is 17.9 Å². The summed E-state index contributed by atoms with van der Waals surface area (Å²) >= 11 is 0. The van der Waals surface area contributed by atoms with E-state index in [4.69, 9.17) is 4.74 Å². The van der Waals surface area contributed by atoms with E-state index in [1.165, 1.54) is 19.3 Å². The Morgan fingerprint density at radius 3 is 2.40 bits per heavy atom. The van der Waals surface area contributed by atoms with Crippen molar-refractivity contribution in [3.8, 4) is 5.75 Å². The number of ether oxygens (including phenoxy) is 1. The highest BCUT2D eigenvalue weighted by Crippen LogP contribution is 2.21. The molecule has 0 aliphatic carbocycles. The van der Waals surface area contributed by atoms with Crippen molar-refractivity contribution in [2.24, 2.45) is 5.10 Å². The van der Waals surface area contributed by atoms with Gasteiger partial charge in [0.15, 0.2) is 0 Å². The summed E-state index contributed by atoms with van der Waals surface area (Å²) in [5.41, 5.74) is 4.10. The Morgan fingerprint density at radius 1 is 0.914 bits per heavy atom. The van der Waals surface area contributed by atoms with Crippen molar-refractivity contribution in [3.63, 3.8) is 0 Å². The third-order valence-electron chi connectivity index (χ3n) is 5.34. The third-order valence-corrected chi connectivity index (χ3v) is 7.14. The van der Waals surface area contributed by atoms with Gasteiger partial charge in [-0.1, -0.05) is 72.8 Å². The summed E-state index contributed by atoms with van der Waals surface area (Å²) in [7, 11) is -2.48. The van der Waals surface area contributed by atoms with E-state index in [2.05, 4.69) is 10.5 Å². The molecule has 0 radical (unpaired) electrons. The zero-order valence-corrected chi connectivity index (χ0v) is 20.0. The number of sulfonamides is 1. The molecule has 0 saturated heterocycles. The second-order valence-corrected chi connectivity index (χ2v) is 9.92. The van der Waals surface area contributed by atoms with Gasteiger partial charge in [-0.3, -0.25) is 4.79 Å². The zero-order chi connectivity index (χ0) is 24.7. The molecule has 0 unspecified atom stereocenters. The van der Waals surface area contributed by atoms with Crippen molar-refractivity contribution < 1.29 is 17.9 Å². The summed E-state index contributed by atoms with van der Waals surface area (Å²) in [6, 6.07) is 29.5. The molecule has 1 N–H and O–H groups in total. The Hall–Kier alpha value is -4.01. The number of carbonyl (C=O) groups is 1. The molecule has 0 atom stereocenters. The van der Waals surface area contributed by atoms with Gasteiger partial charge in [-0.25, -0.2) is 13.8 Å². The second-order valence-electron chi connectivity index (χ2n) is 7.88. The minimum atomic E-state index is -3.84. The summed E-state index contributed by atoms with van der Waals surface area (Å²) in [6.45, 7) is 0.0220. The van der Waals surface area contributed by atoms with Crippen molar-refractivity contribution in [2.75, 3.05) is 13.6 Å². The normalized spacial score (nSPS) is 11.7. The molecular weight excluding hydrogens is 462 g/mol. The first kappa shape index (κ1) is 24.1. The van der Waals surface area contributed by atoms with Crippen LogP contribution in [0, 0.1) is 0 Å². The number of hydrogen-bond donors (Lipinski definition) is 1. The van der Waals surface area contributed by atoms with E-state index >= 15 is 0 Å². The highest BCUT2D eigenvalue weighted by atomic mass is 32.2.